The molecule has 0 saturated carbocycles. The van der Waals surface area contributed by atoms with Gasteiger partial charge in [0.2, 0.25) is 0 Å². The average molecular weight is 352 g/mol. The fourth-order valence-corrected chi connectivity index (χ4v) is 2.29. The highest BCUT2D eigenvalue weighted by Crippen LogP contribution is 2.27. The van der Waals surface area contributed by atoms with Gasteiger partial charge in [0.25, 0.3) is 0 Å². The topological polar surface area (TPSA) is 70.8 Å². The molecule has 0 aliphatic carbocycles. The first kappa shape index (κ1) is 17.5. The van der Waals surface area contributed by atoms with Crippen LogP contribution in [-0.2, 0) is 11.4 Å². The maximum absolute atomic E-state index is 5.49. The van der Waals surface area contributed by atoms with Crippen molar-refractivity contribution < 1.29 is 14.3 Å². The normalized spacial score (nSPS) is 10.8. The van der Waals surface area contributed by atoms with Crippen molar-refractivity contribution in [3.8, 4) is 17.2 Å². The van der Waals surface area contributed by atoms with Crippen LogP contribution in [0.3, 0.4) is 0 Å². The molecule has 0 atom stereocenters. The van der Waals surface area contributed by atoms with Crippen molar-refractivity contribution in [1.29, 1.82) is 0 Å². The summed E-state index contributed by atoms with van der Waals surface area (Å²) >= 11 is 0. The minimum Gasteiger partial charge on any atom is -0.493 e. The molecule has 3 rings (SSSR count). The van der Waals surface area contributed by atoms with Crippen LogP contribution in [0.15, 0.2) is 59.9 Å². The van der Waals surface area contributed by atoms with Gasteiger partial charge in [-0.05, 0) is 37.3 Å². The van der Waals surface area contributed by atoms with Crippen LogP contribution in [0.2, 0.25) is 0 Å². The van der Waals surface area contributed by atoms with E-state index in [1.54, 1.807) is 24.3 Å². The van der Waals surface area contributed by atoms with Gasteiger partial charge in [0.15, 0.2) is 18.1 Å². The van der Waals surface area contributed by atoms with E-state index < -0.39 is 0 Å². The van der Waals surface area contributed by atoms with Crippen LogP contribution in [0.25, 0.3) is 5.69 Å². The van der Waals surface area contributed by atoms with Gasteiger partial charge in [-0.3, -0.25) is 0 Å². The summed E-state index contributed by atoms with van der Waals surface area (Å²) in [6, 6.07) is 15.2. The molecule has 134 valence electrons. The van der Waals surface area contributed by atoms with Crippen molar-refractivity contribution in [3.05, 3.63) is 66.0 Å². The molecule has 0 unspecified atom stereocenters. The molecule has 0 saturated heterocycles. The summed E-state index contributed by atoms with van der Waals surface area (Å²) in [5.41, 5.74) is 2.43. The van der Waals surface area contributed by atoms with E-state index in [0.29, 0.717) is 23.8 Å². The highest BCUT2D eigenvalue weighted by atomic mass is 16.6. The van der Waals surface area contributed by atoms with Gasteiger partial charge in [0.05, 0.1) is 31.8 Å². The monoisotopic (exact) mass is 352 g/mol. The van der Waals surface area contributed by atoms with Crippen LogP contribution in [-0.4, -0.2) is 34.9 Å². The van der Waals surface area contributed by atoms with E-state index in [4.69, 9.17) is 14.3 Å². The van der Waals surface area contributed by atoms with Crippen molar-refractivity contribution in [2.24, 2.45) is 5.16 Å². The smallest absolute Gasteiger partial charge is 0.162 e. The van der Waals surface area contributed by atoms with E-state index in [9.17, 15) is 0 Å². The van der Waals surface area contributed by atoms with E-state index in [0.717, 1.165) is 11.3 Å². The minimum absolute atomic E-state index is 0.234. The van der Waals surface area contributed by atoms with E-state index in [1.807, 2.05) is 55.5 Å². The van der Waals surface area contributed by atoms with Crippen LogP contribution in [0.5, 0.6) is 11.5 Å². The van der Waals surface area contributed by atoms with E-state index in [1.165, 1.54) is 0 Å². The lowest BCUT2D eigenvalue weighted by molar-refractivity contribution is 0.129. The number of oxime groups is 1. The second-order valence-electron chi connectivity index (χ2n) is 5.31. The second kappa shape index (κ2) is 8.66. The molecule has 0 N–H and O–H groups in total. The molecule has 7 heteroatoms. The SMILES string of the molecule is CCOc1ccc(C=NOCc2cnn(-c3ccccc3)n2)cc1OC. The first-order valence-electron chi connectivity index (χ1n) is 8.23. The summed E-state index contributed by atoms with van der Waals surface area (Å²) in [5, 5.41) is 12.5. The van der Waals surface area contributed by atoms with Crippen molar-refractivity contribution in [2.75, 3.05) is 13.7 Å². The molecule has 7 nitrogen and oxygen atoms in total. The standard InChI is InChI=1S/C19H20N4O3/c1-3-25-18-10-9-15(11-19(18)24-2)12-21-26-14-16-13-20-23(22-16)17-7-5-4-6-8-17/h4-13H,3,14H2,1-2H3. The van der Waals surface area contributed by atoms with Gasteiger partial charge in [0, 0.05) is 5.56 Å². The largest absolute Gasteiger partial charge is 0.493 e. The summed E-state index contributed by atoms with van der Waals surface area (Å²) in [6.45, 7) is 2.74. The van der Waals surface area contributed by atoms with E-state index in [-0.39, 0.29) is 6.61 Å². The molecule has 0 spiro atoms. The van der Waals surface area contributed by atoms with Crippen molar-refractivity contribution >= 4 is 6.21 Å². The average Bonchev–Trinajstić information content (AvgIpc) is 3.16. The molecule has 0 fully saturated rings. The molecule has 1 aromatic heterocycles. The number of hydrogen-bond acceptors (Lipinski definition) is 6. The quantitative estimate of drug-likeness (QED) is 0.460. The molecule has 3 aromatic rings. The molecular weight excluding hydrogens is 332 g/mol. The molecule has 0 bridgehead atoms. The van der Waals surface area contributed by atoms with Crippen molar-refractivity contribution in [1.82, 2.24) is 15.0 Å². The summed E-state index contributed by atoms with van der Waals surface area (Å²) in [4.78, 5) is 6.86. The Hall–Kier alpha value is -3.35. The predicted molar refractivity (Wildman–Crippen MR) is 97.9 cm³/mol. The van der Waals surface area contributed by atoms with Crippen LogP contribution in [0.4, 0.5) is 0 Å². The summed E-state index contributed by atoms with van der Waals surface area (Å²) in [5.74, 6) is 1.35. The summed E-state index contributed by atoms with van der Waals surface area (Å²) < 4.78 is 10.8. The summed E-state index contributed by atoms with van der Waals surface area (Å²) in [7, 11) is 1.60. The molecule has 0 radical (unpaired) electrons. The number of benzene rings is 2. The number of ether oxygens (including phenoxy) is 2. The van der Waals surface area contributed by atoms with Crippen LogP contribution >= 0.6 is 0 Å². The van der Waals surface area contributed by atoms with Gasteiger partial charge in [-0.15, -0.1) is 5.10 Å². The Labute approximate surface area is 151 Å². The minimum atomic E-state index is 0.234. The maximum atomic E-state index is 5.49. The van der Waals surface area contributed by atoms with Gasteiger partial charge in [-0.1, -0.05) is 23.4 Å². The Bertz CT molecular complexity index is 862. The third-order valence-electron chi connectivity index (χ3n) is 3.50. The lowest BCUT2D eigenvalue weighted by Gasteiger charge is -2.09. The van der Waals surface area contributed by atoms with Gasteiger partial charge in [-0.25, -0.2) is 0 Å². The first-order valence-corrected chi connectivity index (χ1v) is 8.23. The number of rotatable bonds is 8. The van der Waals surface area contributed by atoms with Crippen molar-refractivity contribution in [3.63, 3.8) is 0 Å². The van der Waals surface area contributed by atoms with E-state index in [2.05, 4.69) is 15.4 Å². The highest BCUT2D eigenvalue weighted by Gasteiger charge is 2.05. The number of para-hydroxylation sites is 1. The van der Waals surface area contributed by atoms with Crippen molar-refractivity contribution in [2.45, 2.75) is 13.5 Å². The fraction of sp³-hybridized carbons (Fsp3) is 0.211. The lowest BCUT2D eigenvalue weighted by Crippen LogP contribution is -1.99. The molecule has 2 aromatic carbocycles. The second-order valence-corrected chi connectivity index (χ2v) is 5.31. The molecule has 0 aliphatic heterocycles. The molecular formula is C19H20N4O3. The van der Waals surface area contributed by atoms with Gasteiger partial charge >= 0.3 is 0 Å². The summed E-state index contributed by atoms with van der Waals surface area (Å²) in [6.07, 6.45) is 3.27. The highest BCUT2D eigenvalue weighted by molar-refractivity contribution is 5.80. The molecule has 0 amide bonds. The molecule has 1 heterocycles. The Morgan fingerprint density at radius 1 is 1.12 bits per heavy atom. The van der Waals surface area contributed by atoms with Gasteiger partial charge in [-0.2, -0.15) is 9.90 Å². The van der Waals surface area contributed by atoms with Crippen LogP contribution < -0.4 is 9.47 Å². The molecule has 0 aliphatic rings. The maximum Gasteiger partial charge on any atom is 0.162 e. The third-order valence-corrected chi connectivity index (χ3v) is 3.50. The Morgan fingerprint density at radius 3 is 2.73 bits per heavy atom. The zero-order valence-electron chi connectivity index (χ0n) is 14.7. The molecule has 26 heavy (non-hydrogen) atoms. The van der Waals surface area contributed by atoms with Crippen LogP contribution in [0, 0.1) is 0 Å². The Balaban J connectivity index is 1.57. The number of aromatic nitrogens is 3. The van der Waals surface area contributed by atoms with E-state index >= 15 is 0 Å². The Kier molecular flexibility index (Phi) is 5.82. The number of hydrogen-bond donors (Lipinski definition) is 0. The van der Waals surface area contributed by atoms with Crippen LogP contribution in [0.1, 0.15) is 18.2 Å². The fourth-order valence-electron chi connectivity index (χ4n) is 2.29. The lowest BCUT2D eigenvalue weighted by atomic mass is 10.2. The predicted octanol–water partition coefficient (Wildman–Crippen LogP) is 3.23. The van der Waals surface area contributed by atoms with Gasteiger partial charge in [0.1, 0.15) is 5.69 Å². The zero-order chi connectivity index (χ0) is 18.2. The first-order chi connectivity index (χ1) is 12.8. The number of nitrogens with zero attached hydrogens (tertiary/aromatic N) is 4. The number of methoxy groups -OCH3 is 1. The third kappa shape index (κ3) is 4.38. The zero-order valence-corrected chi connectivity index (χ0v) is 14.7. The Morgan fingerprint density at radius 2 is 1.96 bits per heavy atom. The van der Waals surface area contributed by atoms with Gasteiger partial charge < -0.3 is 14.3 Å².